The smallest absolute Gasteiger partial charge is 0.145 e. The second-order valence-corrected chi connectivity index (χ2v) is 14.8. The topological polar surface area (TPSA) is 23.0 Å². The molecular weight excluding hydrogens is 653 g/mol. The monoisotopic (exact) mass is 680 g/mol. The molecule has 4 heterocycles. The van der Waals surface area contributed by atoms with Crippen molar-refractivity contribution in [3.05, 3.63) is 170 Å². The van der Waals surface area contributed by atoms with Crippen LogP contribution in [0.15, 0.2) is 174 Å². The lowest BCUT2D eigenvalue weighted by Crippen LogP contribution is -1.93. The maximum Gasteiger partial charge on any atom is 0.145 e. The van der Waals surface area contributed by atoms with E-state index in [1.165, 1.54) is 64.2 Å². The van der Waals surface area contributed by atoms with Crippen LogP contribution >= 0.6 is 11.3 Å². The molecule has 0 atom stereocenters. The fourth-order valence-corrected chi connectivity index (χ4v) is 9.80. The van der Waals surface area contributed by atoms with E-state index in [1.807, 2.05) is 17.4 Å². The van der Waals surface area contributed by atoms with Crippen molar-refractivity contribution in [2.45, 2.75) is 0 Å². The van der Waals surface area contributed by atoms with E-state index in [2.05, 4.69) is 173 Å². The van der Waals surface area contributed by atoms with Crippen LogP contribution in [-0.4, -0.2) is 9.13 Å². The van der Waals surface area contributed by atoms with Crippen molar-refractivity contribution in [1.82, 2.24) is 9.13 Å². The number of fused-ring (bicyclic) bond motifs is 14. The quantitative estimate of drug-likeness (QED) is 0.182. The third kappa shape index (κ3) is 3.79. The van der Waals surface area contributed by atoms with Gasteiger partial charge in [-0.2, -0.15) is 0 Å². The van der Waals surface area contributed by atoms with Gasteiger partial charge in [-0.25, -0.2) is 0 Å². The lowest BCUT2D eigenvalue weighted by atomic mass is 9.99. The lowest BCUT2D eigenvalue weighted by molar-refractivity contribution is 0.673. The Bertz CT molecular complexity index is 3400. The predicted molar refractivity (Wildman–Crippen MR) is 221 cm³/mol. The van der Waals surface area contributed by atoms with E-state index in [-0.39, 0.29) is 0 Å². The van der Waals surface area contributed by atoms with Crippen LogP contribution in [0.2, 0.25) is 0 Å². The Labute approximate surface area is 301 Å². The van der Waals surface area contributed by atoms with Crippen LogP contribution in [0.25, 0.3) is 108 Å². The first-order valence-electron chi connectivity index (χ1n) is 17.7. The van der Waals surface area contributed by atoms with Gasteiger partial charge in [-0.15, -0.1) is 11.3 Å². The zero-order valence-electron chi connectivity index (χ0n) is 27.9. The molecule has 0 spiro atoms. The van der Waals surface area contributed by atoms with Crippen LogP contribution in [0.3, 0.4) is 0 Å². The van der Waals surface area contributed by atoms with Gasteiger partial charge in [-0.1, -0.05) is 84.9 Å². The van der Waals surface area contributed by atoms with E-state index in [0.29, 0.717) is 0 Å². The minimum atomic E-state index is 0.911. The molecule has 0 saturated heterocycles. The summed E-state index contributed by atoms with van der Waals surface area (Å²) in [5.41, 5.74) is 11.2. The van der Waals surface area contributed by atoms with Gasteiger partial charge in [0.2, 0.25) is 0 Å². The summed E-state index contributed by atoms with van der Waals surface area (Å²) in [5, 5.41) is 9.82. The molecule has 0 aliphatic heterocycles. The highest BCUT2D eigenvalue weighted by Gasteiger charge is 2.21. The Kier molecular flexibility index (Phi) is 5.65. The third-order valence-electron chi connectivity index (χ3n) is 10.9. The Morgan fingerprint density at radius 1 is 0.365 bits per heavy atom. The van der Waals surface area contributed by atoms with Gasteiger partial charge in [-0.05, 0) is 96.1 Å². The summed E-state index contributed by atoms with van der Waals surface area (Å²) in [5.74, 6) is 0. The van der Waals surface area contributed by atoms with Crippen molar-refractivity contribution < 1.29 is 4.42 Å². The van der Waals surface area contributed by atoms with Crippen LogP contribution in [0.1, 0.15) is 0 Å². The van der Waals surface area contributed by atoms with Crippen molar-refractivity contribution in [3.63, 3.8) is 0 Å². The standard InChI is InChI=1S/C48H28N2OS/c1-3-11-31(12-4-1)49-38-22-19-29(27-36(38)45-40(49)25-26-44-47(45)35-16-8-10-18-43(35)52-44)30-20-23-39-37(28-30)46-41(50(39)32-13-5-2-6-14-32)24-21-34-33-15-7-9-17-42(33)51-48(34)46/h1-28H. The van der Waals surface area contributed by atoms with E-state index < -0.39 is 0 Å². The summed E-state index contributed by atoms with van der Waals surface area (Å²) in [6.07, 6.45) is 0. The Hall–Kier alpha value is -6.62. The normalized spacial score (nSPS) is 12.2. The zero-order valence-corrected chi connectivity index (χ0v) is 28.7. The van der Waals surface area contributed by atoms with Gasteiger partial charge in [-0.3, -0.25) is 0 Å². The van der Waals surface area contributed by atoms with Gasteiger partial charge in [0.05, 0.1) is 27.5 Å². The SMILES string of the molecule is c1ccc(-n2c3ccc(-c4ccc5c(c4)c4c6c(ccc4n5-c4ccccc4)sc4ccccc46)cc3c3c4oc5ccccc5c4ccc32)cc1. The molecule has 242 valence electrons. The van der Waals surface area contributed by atoms with Gasteiger partial charge >= 0.3 is 0 Å². The number of furan rings is 1. The molecule has 0 unspecified atom stereocenters. The molecule has 0 bridgehead atoms. The number of rotatable bonds is 3. The molecule has 12 aromatic rings. The summed E-state index contributed by atoms with van der Waals surface area (Å²) in [6.45, 7) is 0. The van der Waals surface area contributed by atoms with E-state index >= 15 is 0 Å². The maximum absolute atomic E-state index is 6.67. The number of aromatic nitrogens is 2. The maximum atomic E-state index is 6.67. The van der Waals surface area contributed by atoms with Crippen molar-refractivity contribution in [1.29, 1.82) is 0 Å². The van der Waals surface area contributed by atoms with E-state index in [9.17, 15) is 0 Å². The van der Waals surface area contributed by atoms with Crippen LogP contribution in [0.4, 0.5) is 0 Å². The molecule has 4 aromatic heterocycles. The summed E-state index contributed by atoms with van der Waals surface area (Å²) >= 11 is 1.88. The molecule has 0 saturated carbocycles. The van der Waals surface area contributed by atoms with Crippen molar-refractivity contribution in [2.75, 3.05) is 0 Å². The highest BCUT2D eigenvalue weighted by atomic mass is 32.1. The van der Waals surface area contributed by atoms with Crippen molar-refractivity contribution >= 4 is 97.1 Å². The van der Waals surface area contributed by atoms with Gasteiger partial charge in [0.15, 0.2) is 0 Å². The second-order valence-electron chi connectivity index (χ2n) is 13.7. The molecule has 3 nitrogen and oxygen atoms in total. The van der Waals surface area contributed by atoms with Crippen LogP contribution < -0.4 is 0 Å². The zero-order chi connectivity index (χ0) is 33.9. The molecule has 4 heteroatoms. The first-order valence-corrected chi connectivity index (χ1v) is 18.5. The molecule has 0 N–H and O–H groups in total. The number of para-hydroxylation sites is 3. The Morgan fingerprint density at radius 3 is 1.63 bits per heavy atom. The average molecular weight is 681 g/mol. The highest BCUT2D eigenvalue weighted by Crippen LogP contribution is 2.45. The molecule has 52 heavy (non-hydrogen) atoms. The van der Waals surface area contributed by atoms with Crippen LogP contribution in [-0.2, 0) is 0 Å². The predicted octanol–water partition coefficient (Wildman–Crippen LogP) is 13.8. The highest BCUT2D eigenvalue weighted by molar-refractivity contribution is 7.26. The van der Waals surface area contributed by atoms with Crippen molar-refractivity contribution in [3.8, 4) is 22.5 Å². The van der Waals surface area contributed by atoms with E-state index in [4.69, 9.17) is 4.42 Å². The van der Waals surface area contributed by atoms with Crippen LogP contribution in [0.5, 0.6) is 0 Å². The van der Waals surface area contributed by atoms with Gasteiger partial charge in [0.1, 0.15) is 11.2 Å². The van der Waals surface area contributed by atoms with Gasteiger partial charge in [0.25, 0.3) is 0 Å². The summed E-state index contributed by atoms with van der Waals surface area (Å²) < 4.78 is 14.1. The van der Waals surface area contributed by atoms with Gasteiger partial charge < -0.3 is 13.6 Å². The Balaban J connectivity index is 1.18. The molecule has 0 fully saturated rings. The van der Waals surface area contributed by atoms with E-state index in [0.717, 1.165) is 44.0 Å². The molecule has 0 amide bonds. The largest absolute Gasteiger partial charge is 0.455 e. The number of thiophene rings is 1. The average Bonchev–Trinajstić information content (AvgIpc) is 3.95. The second kappa shape index (κ2) is 10.5. The molecule has 0 radical (unpaired) electrons. The minimum absolute atomic E-state index is 0.911. The molecule has 0 aliphatic rings. The molecule has 0 aliphatic carbocycles. The first-order chi connectivity index (χ1) is 25.8. The van der Waals surface area contributed by atoms with Gasteiger partial charge in [0, 0.05) is 58.5 Å². The Morgan fingerprint density at radius 2 is 0.923 bits per heavy atom. The fourth-order valence-electron chi connectivity index (χ4n) is 8.68. The molecule has 8 aromatic carbocycles. The number of hydrogen-bond donors (Lipinski definition) is 0. The number of nitrogens with zero attached hydrogens (tertiary/aromatic N) is 2. The third-order valence-corrected chi connectivity index (χ3v) is 12.0. The summed E-state index contributed by atoms with van der Waals surface area (Å²) in [7, 11) is 0. The van der Waals surface area contributed by atoms with E-state index in [1.54, 1.807) is 0 Å². The first kappa shape index (κ1) is 28.1. The fraction of sp³-hybridized carbons (Fsp3) is 0. The number of hydrogen-bond acceptors (Lipinski definition) is 2. The van der Waals surface area contributed by atoms with Crippen LogP contribution in [0, 0.1) is 0 Å². The van der Waals surface area contributed by atoms with Crippen molar-refractivity contribution in [2.24, 2.45) is 0 Å². The minimum Gasteiger partial charge on any atom is -0.455 e. The number of benzene rings is 8. The summed E-state index contributed by atoms with van der Waals surface area (Å²) in [6, 6.07) is 61.6. The molecule has 12 rings (SSSR count). The summed E-state index contributed by atoms with van der Waals surface area (Å²) in [4.78, 5) is 0. The lowest BCUT2D eigenvalue weighted by Gasteiger charge is -2.09. The molecular formula is C48H28N2OS.